The van der Waals surface area contributed by atoms with Gasteiger partial charge in [-0.3, -0.25) is 10.1 Å². The molecule has 0 saturated carbocycles. The van der Waals surface area contributed by atoms with Crippen LogP contribution in [0.2, 0.25) is 0 Å². The van der Waals surface area contributed by atoms with Crippen LogP contribution >= 0.6 is 0 Å². The highest BCUT2D eigenvalue weighted by atomic mass is 19.4. The molecule has 0 aliphatic rings. The van der Waals surface area contributed by atoms with Gasteiger partial charge in [-0.25, -0.2) is 0 Å². The van der Waals surface area contributed by atoms with Crippen LogP contribution in [0.3, 0.4) is 0 Å². The maximum absolute atomic E-state index is 12.9. The molecule has 0 heterocycles. The van der Waals surface area contributed by atoms with Crippen LogP contribution in [0.25, 0.3) is 0 Å². The van der Waals surface area contributed by atoms with Crippen molar-refractivity contribution >= 4 is 11.4 Å². The van der Waals surface area contributed by atoms with E-state index in [1.54, 1.807) is 0 Å². The van der Waals surface area contributed by atoms with Crippen molar-refractivity contribution in [2.24, 2.45) is 0 Å². The van der Waals surface area contributed by atoms with Gasteiger partial charge < -0.3 is 10.1 Å². The molecule has 5 nitrogen and oxygen atoms in total. The first kappa shape index (κ1) is 17.2. The number of nitrogens with one attached hydrogen (secondary N) is 1. The molecule has 21 heavy (non-hydrogen) atoms. The zero-order valence-electron chi connectivity index (χ0n) is 11.7. The van der Waals surface area contributed by atoms with Gasteiger partial charge >= 0.3 is 6.18 Å². The molecule has 0 radical (unpaired) electrons. The molecule has 1 rings (SSSR count). The van der Waals surface area contributed by atoms with Gasteiger partial charge in [0, 0.05) is 24.9 Å². The van der Waals surface area contributed by atoms with Crippen molar-refractivity contribution in [3.8, 4) is 0 Å². The van der Waals surface area contributed by atoms with E-state index in [2.05, 4.69) is 5.32 Å². The monoisotopic (exact) mass is 306 g/mol. The van der Waals surface area contributed by atoms with Crippen LogP contribution in [0.1, 0.15) is 25.3 Å². The zero-order chi connectivity index (χ0) is 16.0. The van der Waals surface area contributed by atoms with Crippen molar-refractivity contribution in [3.63, 3.8) is 0 Å². The van der Waals surface area contributed by atoms with E-state index in [9.17, 15) is 23.3 Å². The minimum Gasteiger partial charge on any atom is -0.383 e. The molecule has 0 aliphatic heterocycles. The third-order valence-corrected chi connectivity index (χ3v) is 2.87. The molecule has 0 amide bonds. The first-order valence-corrected chi connectivity index (χ1v) is 6.40. The molecular weight excluding hydrogens is 289 g/mol. The summed E-state index contributed by atoms with van der Waals surface area (Å²) in [7, 11) is 1.50. The lowest BCUT2D eigenvalue weighted by Gasteiger charge is -2.19. The Balaban J connectivity index is 3.07. The summed E-state index contributed by atoms with van der Waals surface area (Å²) >= 11 is 0. The molecule has 0 fully saturated rings. The second-order valence-corrected chi connectivity index (χ2v) is 4.57. The Kier molecular flexibility index (Phi) is 5.95. The van der Waals surface area contributed by atoms with Crippen molar-refractivity contribution in [1.82, 2.24) is 0 Å². The van der Waals surface area contributed by atoms with Gasteiger partial charge in [0.05, 0.1) is 11.5 Å². The van der Waals surface area contributed by atoms with Gasteiger partial charge in [-0.05, 0) is 18.6 Å². The molecule has 118 valence electrons. The highest BCUT2D eigenvalue weighted by molar-refractivity contribution is 5.55. The number of methoxy groups -OCH3 is 1. The lowest BCUT2D eigenvalue weighted by Crippen LogP contribution is -2.25. The lowest BCUT2D eigenvalue weighted by molar-refractivity contribution is -0.388. The second kappa shape index (κ2) is 7.26. The number of halogens is 3. The number of nitro groups is 1. The van der Waals surface area contributed by atoms with Gasteiger partial charge in [-0.1, -0.05) is 13.3 Å². The fourth-order valence-electron chi connectivity index (χ4n) is 1.99. The average molecular weight is 306 g/mol. The molecule has 0 aromatic heterocycles. The van der Waals surface area contributed by atoms with Gasteiger partial charge in [-0.15, -0.1) is 0 Å². The molecule has 0 saturated heterocycles. The Morgan fingerprint density at radius 3 is 2.57 bits per heavy atom. The Morgan fingerprint density at radius 2 is 2.10 bits per heavy atom. The highest BCUT2D eigenvalue weighted by Crippen LogP contribution is 2.37. The zero-order valence-corrected chi connectivity index (χ0v) is 11.7. The van der Waals surface area contributed by atoms with Crippen LogP contribution in [-0.2, 0) is 10.9 Å². The number of ether oxygens (including phenoxy) is 1. The lowest BCUT2D eigenvalue weighted by atomic mass is 10.1. The third-order valence-electron chi connectivity index (χ3n) is 2.87. The molecule has 0 spiro atoms. The molecule has 1 atom stereocenters. The molecule has 1 aromatic carbocycles. The van der Waals surface area contributed by atoms with Gasteiger partial charge in [0.1, 0.15) is 5.56 Å². The number of nitro benzene ring substituents is 1. The van der Waals surface area contributed by atoms with Crippen molar-refractivity contribution < 1.29 is 22.8 Å². The first-order valence-electron chi connectivity index (χ1n) is 6.40. The number of rotatable bonds is 7. The summed E-state index contributed by atoms with van der Waals surface area (Å²) in [6, 6.07) is 2.74. The topological polar surface area (TPSA) is 64.4 Å². The van der Waals surface area contributed by atoms with E-state index in [1.165, 1.54) is 13.2 Å². The quantitative estimate of drug-likeness (QED) is 0.614. The summed E-state index contributed by atoms with van der Waals surface area (Å²) in [5, 5.41) is 13.6. The maximum atomic E-state index is 12.9. The predicted molar refractivity (Wildman–Crippen MR) is 72.3 cm³/mol. The third kappa shape index (κ3) is 4.89. The number of alkyl halides is 3. The molecular formula is C13H17F3N2O3. The SMILES string of the molecule is CCCC(COC)Nc1ccc([N+](=O)[O-])c(C(F)(F)F)c1. The predicted octanol–water partition coefficient (Wildman–Crippen LogP) is 3.84. The number of nitrogens with zero attached hydrogens (tertiary/aromatic N) is 1. The fraction of sp³-hybridized carbons (Fsp3) is 0.538. The largest absolute Gasteiger partial charge is 0.423 e. The summed E-state index contributed by atoms with van der Waals surface area (Å²) < 4.78 is 43.6. The van der Waals surface area contributed by atoms with E-state index in [0.717, 1.165) is 18.6 Å². The fourth-order valence-corrected chi connectivity index (χ4v) is 1.99. The summed E-state index contributed by atoms with van der Waals surface area (Å²) in [5.74, 6) is 0. The van der Waals surface area contributed by atoms with Crippen LogP contribution in [0.4, 0.5) is 24.5 Å². The molecule has 1 N–H and O–H groups in total. The maximum Gasteiger partial charge on any atom is 0.423 e. The van der Waals surface area contributed by atoms with Gasteiger partial charge in [0.15, 0.2) is 0 Å². The van der Waals surface area contributed by atoms with E-state index >= 15 is 0 Å². The van der Waals surface area contributed by atoms with Crippen LogP contribution in [0.15, 0.2) is 18.2 Å². The molecule has 1 aromatic rings. The summed E-state index contributed by atoms with van der Waals surface area (Å²) in [4.78, 5) is 9.64. The van der Waals surface area contributed by atoms with E-state index < -0.39 is 22.4 Å². The molecule has 0 aliphatic carbocycles. The highest BCUT2D eigenvalue weighted by Gasteiger charge is 2.38. The number of hydrogen-bond donors (Lipinski definition) is 1. The second-order valence-electron chi connectivity index (χ2n) is 4.57. The van der Waals surface area contributed by atoms with Gasteiger partial charge in [-0.2, -0.15) is 13.2 Å². The van der Waals surface area contributed by atoms with E-state index in [1.807, 2.05) is 6.92 Å². The van der Waals surface area contributed by atoms with E-state index in [0.29, 0.717) is 13.0 Å². The summed E-state index contributed by atoms with van der Waals surface area (Å²) in [5.41, 5.74) is -2.03. The smallest absolute Gasteiger partial charge is 0.383 e. The summed E-state index contributed by atoms with van der Waals surface area (Å²) in [6.45, 7) is 2.29. The Labute approximate surface area is 120 Å². The van der Waals surface area contributed by atoms with E-state index in [4.69, 9.17) is 4.74 Å². The van der Waals surface area contributed by atoms with Crippen LogP contribution in [0, 0.1) is 10.1 Å². The number of benzene rings is 1. The number of anilines is 1. The minimum atomic E-state index is -4.78. The summed E-state index contributed by atoms with van der Waals surface area (Å²) in [6.07, 6.45) is -3.23. The molecule has 0 bridgehead atoms. The van der Waals surface area contributed by atoms with Crippen molar-refractivity contribution in [3.05, 3.63) is 33.9 Å². The Bertz CT molecular complexity index is 486. The number of hydrogen-bond acceptors (Lipinski definition) is 4. The van der Waals surface area contributed by atoms with E-state index in [-0.39, 0.29) is 11.7 Å². The van der Waals surface area contributed by atoms with Crippen LogP contribution < -0.4 is 5.32 Å². The van der Waals surface area contributed by atoms with Crippen molar-refractivity contribution in [2.75, 3.05) is 19.0 Å². The Morgan fingerprint density at radius 1 is 1.43 bits per heavy atom. The standard InChI is InChI=1S/C13H17F3N2O3/c1-3-4-10(8-21-2)17-9-5-6-12(18(19)20)11(7-9)13(14,15)16/h5-7,10,17H,3-4,8H2,1-2H3. The molecule has 1 unspecified atom stereocenters. The van der Waals surface area contributed by atoms with Crippen LogP contribution in [-0.4, -0.2) is 24.7 Å². The Hall–Kier alpha value is -1.83. The van der Waals surface area contributed by atoms with Crippen molar-refractivity contribution in [1.29, 1.82) is 0 Å². The first-order chi connectivity index (χ1) is 9.79. The van der Waals surface area contributed by atoms with Gasteiger partial charge in [0.25, 0.3) is 5.69 Å². The molecule has 8 heteroatoms. The minimum absolute atomic E-state index is 0.150. The van der Waals surface area contributed by atoms with Gasteiger partial charge in [0.2, 0.25) is 0 Å². The normalized spacial score (nSPS) is 13.0. The average Bonchev–Trinajstić information content (AvgIpc) is 2.38. The van der Waals surface area contributed by atoms with Crippen molar-refractivity contribution in [2.45, 2.75) is 32.0 Å². The van der Waals surface area contributed by atoms with Crippen LogP contribution in [0.5, 0.6) is 0 Å².